The molecule has 4 aromatic heterocycles. The zero-order valence-corrected chi connectivity index (χ0v) is 18.1. The van der Waals surface area contributed by atoms with E-state index >= 15 is 0 Å². The van der Waals surface area contributed by atoms with Gasteiger partial charge in [-0.05, 0) is 62.6 Å². The van der Waals surface area contributed by atoms with Crippen LogP contribution in [0.1, 0.15) is 31.2 Å². The Bertz CT molecular complexity index is 1370. The molecule has 0 bridgehead atoms. The minimum atomic E-state index is -0.0852. The molecule has 0 spiro atoms. The van der Waals surface area contributed by atoms with Crippen LogP contribution in [0.15, 0.2) is 41.5 Å². The minimum Gasteiger partial charge on any atom is -0.370 e. The van der Waals surface area contributed by atoms with Gasteiger partial charge in [0.05, 0.1) is 34.5 Å². The first-order valence-corrected chi connectivity index (χ1v) is 11.1. The Kier molecular flexibility index (Phi) is 3.97. The van der Waals surface area contributed by atoms with Crippen molar-refractivity contribution in [1.29, 1.82) is 0 Å². The lowest BCUT2D eigenvalue weighted by atomic mass is 10.0. The van der Waals surface area contributed by atoms with Gasteiger partial charge in [0.15, 0.2) is 0 Å². The molecule has 7 nitrogen and oxygen atoms in total. The summed E-state index contributed by atoms with van der Waals surface area (Å²) >= 11 is 0. The zero-order chi connectivity index (χ0) is 21.3. The molecule has 3 atom stereocenters. The summed E-state index contributed by atoms with van der Waals surface area (Å²) in [5.41, 5.74) is 5.66. The summed E-state index contributed by atoms with van der Waals surface area (Å²) in [6.45, 7) is 8.46. The molecule has 1 saturated carbocycles. The smallest absolute Gasteiger partial charge is 0.258 e. The molecule has 2 aliphatic rings. The van der Waals surface area contributed by atoms with E-state index in [1.54, 1.807) is 10.5 Å². The average molecular weight is 415 g/mol. The first-order valence-electron chi connectivity index (χ1n) is 11.1. The molecular weight excluding hydrogens is 388 g/mol. The molecule has 0 amide bonds. The molecule has 2 fully saturated rings. The van der Waals surface area contributed by atoms with Gasteiger partial charge < -0.3 is 4.90 Å². The second kappa shape index (κ2) is 6.64. The van der Waals surface area contributed by atoms with E-state index < -0.39 is 0 Å². The maximum atomic E-state index is 13.0. The van der Waals surface area contributed by atoms with Gasteiger partial charge in [-0.3, -0.25) is 14.2 Å². The lowest BCUT2D eigenvalue weighted by molar-refractivity contribution is 0.494. The molecule has 5 heterocycles. The van der Waals surface area contributed by atoms with E-state index in [2.05, 4.69) is 28.0 Å². The number of pyridine rings is 1. The van der Waals surface area contributed by atoms with Gasteiger partial charge in [0.1, 0.15) is 11.3 Å². The Morgan fingerprint density at radius 1 is 0.968 bits per heavy atom. The third-order valence-electron chi connectivity index (χ3n) is 7.02. The van der Waals surface area contributed by atoms with Crippen LogP contribution in [0.2, 0.25) is 0 Å². The van der Waals surface area contributed by atoms with Crippen molar-refractivity contribution in [2.24, 2.45) is 17.8 Å². The highest BCUT2D eigenvalue weighted by molar-refractivity contribution is 5.66. The van der Waals surface area contributed by atoms with Crippen LogP contribution < -0.4 is 10.5 Å². The van der Waals surface area contributed by atoms with Crippen molar-refractivity contribution in [3.05, 3.63) is 58.4 Å². The fourth-order valence-corrected chi connectivity index (χ4v) is 5.64. The van der Waals surface area contributed by atoms with Gasteiger partial charge in [-0.15, -0.1) is 0 Å². The van der Waals surface area contributed by atoms with Crippen LogP contribution in [0.3, 0.4) is 0 Å². The first-order chi connectivity index (χ1) is 14.9. The van der Waals surface area contributed by atoms with Gasteiger partial charge in [0, 0.05) is 25.4 Å². The monoisotopic (exact) mass is 414 g/mol. The summed E-state index contributed by atoms with van der Waals surface area (Å²) in [5, 5.41) is 4.63. The number of fused-ring (bicyclic) bond motifs is 3. The third kappa shape index (κ3) is 3.02. The van der Waals surface area contributed by atoms with Gasteiger partial charge in [0.2, 0.25) is 0 Å². The normalized spacial score (nSPS) is 23.2. The summed E-state index contributed by atoms with van der Waals surface area (Å²) < 4.78 is 3.47. The van der Waals surface area contributed by atoms with Crippen LogP contribution in [-0.4, -0.2) is 37.1 Å². The van der Waals surface area contributed by atoms with E-state index in [0.29, 0.717) is 17.0 Å². The number of rotatable bonds is 2. The quantitative estimate of drug-likeness (QED) is 0.502. The van der Waals surface area contributed by atoms with Crippen molar-refractivity contribution in [2.75, 3.05) is 18.0 Å². The topological polar surface area (TPSA) is 67.8 Å². The number of hydrogen-bond donors (Lipinski definition) is 0. The lowest BCUT2D eigenvalue weighted by Crippen LogP contribution is -2.23. The summed E-state index contributed by atoms with van der Waals surface area (Å²) in [7, 11) is 0. The van der Waals surface area contributed by atoms with Crippen molar-refractivity contribution in [3.8, 4) is 11.4 Å². The Morgan fingerprint density at radius 3 is 2.52 bits per heavy atom. The van der Waals surface area contributed by atoms with Crippen LogP contribution in [0.5, 0.6) is 0 Å². The standard InChI is InChI=1S/C24H26N6O/c1-14-6-17-11-28(12-18(17)7-14)19-4-5-23-26-20(9-24(31)29(23)13-19)21-8-22-16(3)25-15(2)10-30(22)27-21/h4-5,8-10,13-14,17-18H,6-7,11-12H2,1-3H3/t14?,17-,18+. The molecule has 6 rings (SSSR count). The molecule has 0 radical (unpaired) electrons. The zero-order valence-electron chi connectivity index (χ0n) is 18.1. The molecule has 0 N–H and O–H groups in total. The van der Waals surface area contributed by atoms with E-state index in [1.807, 2.05) is 42.9 Å². The average Bonchev–Trinajstić information content (AvgIpc) is 3.40. The maximum absolute atomic E-state index is 13.0. The third-order valence-corrected chi connectivity index (χ3v) is 7.02. The SMILES string of the molecule is Cc1cn2nc(-c3cc(=O)n4cc(N5C[C@H]6CC(C)C[C@H]6C5)ccc4n3)cc2c(C)n1. The molecule has 31 heavy (non-hydrogen) atoms. The van der Waals surface area contributed by atoms with Crippen LogP contribution >= 0.6 is 0 Å². The molecule has 4 aromatic rings. The van der Waals surface area contributed by atoms with Crippen LogP contribution in [-0.2, 0) is 0 Å². The predicted octanol–water partition coefficient (Wildman–Crippen LogP) is 3.50. The Labute approximate surface area is 180 Å². The van der Waals surface area contributed by atoms with Gasteiger partial charge >= 0.3 is 0 Å². The van der Waals surface area contributed by atoms with Gasteiger partial charge in [-0.2, -0.15) is 5.10 Å². The van der Waals surface area contributed by atoms with Crippen LogP contribution in [0, 0.1) is 31.6 Å². The molecule has 7 heteroatoms. The second-order valence-electron chi connectivity index (χ2n) is 9.42. The van der Waals surface area contributed by atoms with E-state index in [9.17, 15) is 4.79 Å². The number of aromatic nitrogens is 5. The summed E-state index contributed by atoms with van der Waals surface area (Å²) in [5.74, 6) is 2.43. The molecule has 1 unspecified atom stereocenters. The van der Waals surface area contributed by atoms with Crippen molar-refractivity contribution in [1.82, 2.24) is 24.0 Å². The van der Waals surface area contributed by atoms with Gasteiger partial charge in [-0.1, -0.05) is 6.92 Å². The molecule has 1 aliphatic carbocycles. The summed E-state index contributed by atoms with van der Waals surface area (Å²) in [6, 6.07) is 7.56. The van der Waals surface area contributed by atoms with Crippen molar-refractivity contribution in [3.63, 3.8) is 0 Å². The van der Waals surface area contributed by atoms with Crippen LogP contribution in [0.4, 0.5) is 5.69 Å². The molecule has 158 valence electrons. The summed E-state index contributed by atoms with van der Waals surface area (Å²) in [4.78, 5) is 24.6. The van der Waals surface area contributed by atoms with Gasteiger partial charge in [0.25, 0.3) is 5.56 Å². The van der Waals surface area contributed by atoms with Gasteiger partial charge in [-0.25, -0.2) is 9.50 Å². The van der Waals surface area contributed by atoms with Crippen molar-refractivity contribution < 1.29 is 0 Å². The van der Waals surface area contributed by atoms with Crippen molar-refractivity contribution >= 4 is 16.9 Å². The molecule has 0 aromatic carbocycles. The maximum Gasteiger partial charge on any atom is 0.258 e. The first kappa shape index (κ1) is 18.5. The number of hydrogen-bond acceptors (Lipinski definition) is 5. The predicted molar refractivity (Wildman–Crippen MR) is 121 cm³/mol. The lowest BCUT2D eigenvalue weighted by Gasteiger charge is -2.20. The number of aryl methyl sites for hydroxylation is 2. The number of anilines is 1. The van der Waals surface area contributed by atoms with E-state index in [-0.39, 0.29) is 5.56 Å². The highest BCUT2D eigenvalue weighted by Gasteiger charge is 2.39. The fraction of sp³-hybridized carbons (Fsp3) is 0.417. The fourth-order valence-electron chi connectivity index (χ4n) is 5.64. The van der Waals surface area contributed by atoms with Crippen molar-refractivity contribution in [2.45, 2.75) is 33.6 Å². The number of nitrogens with zero attached hydrogens (tertiary/aromatic N) is 6. The summed E-state index contributed by atoms with van der Waals surface area (Å²) in [6.07, 6.45) is 6.48. The van der Waals surface area contributed by atoms with E-state index in [1.165, 1.54) is 12.8 Å². The highest BCUT2D eigenvalue weighted by atomic mass is 16.1. The Balaban J connectivity index is 1.37. The second-order valence-corrected chi connectivity index (χ2v) is 9.42. The molecule has 1 aliphatic heterocycles. The van der Waals surface area contributed by atoms with Crippen LogP contribution in [0.25, 0.3) is 22.6 Å². The minimum absolute atomic E-state index is 0.0852. The molecular formula is C24H26N6O. The molecule has 1 saturated heterocycles. The van der Waals surface area contributed by atoms with E-state index in [0.717, 1.165) is 53.4 Å². The van der Waals surface area contributed by atoms with E-state index in [4.69, 9.17) is 4.98 Å². The highest BCUT2D eigenvalue weighted by Crippen LogP contribution is 2.42. The Hall–Kier alpha value is -3.22. The largest absolute Gasteiger partial charge is 0.370 e. The Morgan fingerprint density at radius 2 is 1.74 bits per heavy atom.